The first-order valence-electron chi connectivity index (χ1n) is 6.52. The minimum atomic E-state index is -0.336. The maximum Gasteiger partial charge on any atom is 0.235 e. The number of aromatic amines is 1. The van der Waals surface area contributed by atoms with E-state index in [2.05, 4.69) is 15.5 Å². The first kappa shape index (κ1) is 12.0. The van der Waals surface area contributed by atoms with Crippen molar-refractivity contribution in [3.63, 3.8) is 0 Å². The van der Waals surface area contributed by atoms with Gasteiger partial charge in [-0.25, -0.2) is 0 Å². The van der Waals surface area contributed by atoms with Crippen molar-refractivity contribution in [2.45, 2.75) is 32.1 Å². The second-order valence-corrected chi connectivity index (χ2v) is 5.21. The largest absolute Gasteiger partial charge is 0.322 e. The molecule has 1 saturated carbocycles. The van der Waals surface area contributed by atoms with Gasteiger partial charge in [-0.2, -0.15) is 5.10 Å². The van der Waals surface area contributed by atoms with Gasteiger partial charge in [-0.3, -0.25) is 9.89 Å². The van der Waals surface area contributed by atoms with E-state index in [9.17, 15) is 4.79 Å². The Hall–Kier alpha value is -2.10. The molecule has 0 atom stereocenters. The minimum absolute atomic E-state index is 0.0753. The first-order valence-corrected chi connectivity index (χ1v) is 6.52. The van der Waals surface area contributed by atoms with Crippen molar-refractivity contribution in [3.8, 4) is 0 Å². The molecule has 0 saturated heterocycles. The van der Waals surface area contributed by atoms with Gasteiger partial charge in [0.1, 0.15) is 0 Å². The fourth-order valence-electron chi connectivity index (χ4n) is 2.50. The Balaban J connectivity index is 1.86. The lowest BCUT2D eigenvalue weighted by Gasteiger charge is -2.15. The SMILES string of the molecule is Cc1n[nH]c(C)c1NC(=O)C1(c2ccccc2)CC1. The molecule has 1 amide bonds. The molecule has 0 bridgehead atoms. The van der Waals surface area contributed by atoms with E-state index in [4.69, 9.17) is 0 Å². The second kappa shape index (κ2) is 4.23. The molecule has 0 unspecified atom stereocenters. The van der Waals surface area contributed by atoms with Crippen LogP contribution in [0.3, 0.4) is 0 Å². The van der Waals surface area contributed by atoms with Gasteiger partial charge in [0.2, 0.25) is 5.91 Å². The summed E-state index contributed by atoms with van der Waals surface area (Å²) in [5.41, 5.74) is 3.31. The molecule has 1 aliphatic carbocycles. The van der Waals surface area contributed by atoms with Crippen molar-refractivity contribution >= 4 is 11.6 Å². The zero-order valence-corrected chi connectivity index (χ0v) is 11.2. The molecule has 1 aliphatic rings. The lowest BCUT2D eigenvalue weighted by atomic mass is 9.95. The summed E-state index contributed by atoms with van der Waals surface area (Å²) in [5.74, 6) is 0.0753. The number of hydrogen-bond acceptors (Lipinski definition) is 2. The third kappa shape index (κ3) is 1.93. The molecule has 4 nitrogen and oxygen atoms in total. The predicted molar refractivity (Wildman–Crippen MR) is 74.0 cm³/mol. The molecule has 4 heteroatoms. The van der Waals surface area contributed by atoms with Crippen LogP contribution in [0, 0.1) is 13.8 Å². The number of anilines is 1. The highest BCUT2D eigenvalue weighted by molar-refractivity contribution is 6.02. The van der Waals surface area contributed by atoms with Crippen molar-refractivity contribution in [1.29, 1.82) is 0 Å². The predicted octanol–water partition coefficient (Wildman–Crippen LogP) is 2.70. The van der Waals surface area contributed by atoms with Crippen LogP contribution in [-0.2, 0) is 10.2 Å². The Morgan fingerprint density at radius 2 is 1.95 bits per heavy atom. The fraction of sp³-hybridized carbons (Fsp3) is 0.333. The van der Waals surface area contributed by atoms with Crippen LogP contribution in [-0.4, -0.2) is 16.1 Å². The van der Waals surface area contributed by atoms with E-state index in [0.717, 1.165) is 35.5 Å². The average Bonchev–Trinajstić information content (AvgIpc) is 3.19. The topological polar surface area (TPSA) is 57.8 Å². The lowest BCUT2D eigenvalue weighted by molar-refractivity contribution is -0.118. The van der Waals surface area contributed by atoms with Crippen molar-refractivity contribution < 1.29 is 4.79 Å². The van der Waals surface area contributed by atoms with Crippen molar-refractivity contribution in [2.24, 2.45) is 0 Å². The van der Waals surface area contributed by atoms with E-state index >= 15 is 0 Å². The Kier molecular flexibility index (Phi) is 2.66. The standard InChI is InChI=1S/C15H17N3O/c1-10-13(11(2)18-17-10)16-14(19)15(8-9-15)12-6-4-3-5-7-12/h3-7H,8-9H2,1-2H3,(H,16,19)(H,17,18). The Labute approximate surface area is 112 Å². The molecule has 0 aliphatic heterocycles. The summed E-state index contributed by atoms with van der Waals surface area (Å²) >= 11 is 0. The highest BCUT2D eigenvalue weighted by Crippen LogP contribution is 2.49. The molecule has 2 aromatic rings. The van der Waals surface area contributed by atoms with Gasteiger partial charge in [-0.05, 0) is 32.3 Å². The van der Waals surface area contributed by atoms with Gasteiger partial charge in [-0.15, -0.1) is 0 Å². The normalized spacial score (nSPS) is 16.1. The highest BCUT2D eigenvalue weighted by Gasteiger charge is 2.51. The third-order valence-electron chi connectivity index (χ3n) is 3.88. The zero-order valence-electron chi connectivity index (χ0n) is 11.2. The second-order valence-electron chi connectivity index (χ2n) is 5.21. The van der Waals surface area contributed by atoms with Crippen LogP contribution >= 0.6 is 0 Å². The summed E-state index contributed by atoms with van der Waals surface area (Å²) in [7, 11) is 0. The number of hydrogen-bond donors (Lipinski definition) is 2. The molecule has 1 fully saturated rings. The highest BCUT2D eigenvalue weighted by atomic mass is 16.2. The van der Waals surface area contributed by atoms with Gasteiger partial charge >= 0.3 is 0 Å². The minimum Gasteiger partial charge on any atom is -0.322 e. The van der Waals surface area contributed by atoms with Gasteiger partial charge in [0.15, 0.2) is 0 Å². The summed E-state index contributed by atoms with van der Waals surface area (Å²) in [4.78, 5) is 12.5. The number of carbonyl (C=O) groups excluding carboxylic acids is 1. The van der Waals surface area contributed by atoms with E-state index in [0.29, 0.717) is 0 Å². The number of carbonyl (C=O) groups is 1. The van der Waals surface area contributed by atoms with Crippen LogP contribution in [0.15, 0.2) is 30.3 Å². The van der Waals surface area contributed by atoms with Crippen LogP contribution in [0.1, 0.15) is 29.8 Å². The molecule has 1 aromatic heterocycles. The monoisotopic (exact) mass is 255 g/mol. The molecule has 1 heterocycles. The number of aromatic nitrogens is 2. The van der Waals surface area contributed by atoms with Crippen LogP contribution in [0.2, 0.25) is 0 Å². The van der Waals surface area contributed by atoms with E-state index in [1.807, 2.05) is 44.2 Å². The van der Waals surface area contributed by atoms with Crippen molar-refractivity contribution in [2.75, 3.05) is 5.32 Å². The molecule has 3 rings (SSSR count). The molecule has 0 radical (unpaired) electrons. The van der Waals surface area contributed by atoms with Crippen LogP contribution in [0.25, 0.3) is 0 Å². The summed E-state index contributed by atoms with van der Waals surface area (Å²) < 4.78 is 0. The smallest absolute Gasteiger partial charge is 0.235 e. The Bertz CT molecular complexity index is 592. The Morgan fingerprint density at radius 1 is 1.26 bits per heavy atom. The zero-order chi connectivity index (χ0) is 13.5. The summed E-state index contributed by atoms with van der Waals surface area (Å²) in [6.07, 6.45) is 1.83. The number of nitrogens with zero attached hydrogens (tertiary/aromatic N) is 1. The van der Waals surface area contributed by atoms with Crippen molar-refractivity contribution in [3.05, 3.63) is 47.3 Å². The van der Waals surface area contributed by atoms with E-state index in [1.54, 1.807) is 0 Å². The molecule has 1 aromatic carbocycles. The van der Waals surface area contributed by atoms with Gasteiger partial charge in [0.25, 0.3) is 0 Å². The molecule has 19 heavy (non-hydrogen) atoms. The number of rotatable bonds is 3. The Morgan fingerprint density at radius 3 is 2.47 bits per heavy atom. The molecular formula is C15H17N3O. The van der Waals surface area contributed by atoms with Gasteiger partial charge < -0.3 is 5.32 Å². The maximum absolute atomic E-state index is 12.5. The number of benzene rings is 1. The van der Waals surface area contributed by atoms with Crippen LogP contribution in [0.4, 0.5) is 5.69 Å². The van der Waals surface area contributed by atoms with E-state index in [-0.39, 0.29) is 11.3 Å². The maximum atomic E-state index is 12.5. The number of H-pyrrole nitrogens is 1. The number of amides is 1. The van der Waals surface area contributed by atoms with Crippen molar-refractivity contribution in [1.82, 2.24) is 10.2 Å². The molecule has 98 valence electrons. The summed E-state index contributed by atoms with van der Waals surface area (Å²) in [6.45, 7) is 3.80. The average molecular weight is 255 g/mol. The number of nitrogens with one attached hydrogen (secondary N) is 2. The lowest BCUT2D eigenvalue weighted by Crippen LogP contribution is -2.28. The molecule has 0 spiro atoms. The van der Waals surface area contributed by atoms with Crippen LogP contribution < -0.4 is 5.32 Å². The van der Waals surface area contributed by atoms with E-state index < -0.39 is 0 Å². The first-order chi connectivity index (χ1) is 9.13. The summed E-state index contributed by atoms with van der Waals surface area (Å²) in [6, 6.07) is 10.00. The summed E-state index contributed by atoms with van der Waals surface area (Å²) in [5, 5.41) is 10.0. The van der Waals surface area contributed by atoms with Gasteiger partial charge in [0.05, 0.1) is 22.5 Å². The molecule has 2 N–H and O–H groups in total. The van der Waals surface area contributed by atoms with E-state index in [1.165, 1.54) is 0 Å². The fourth-order valence-corrected chi connectivity index (χ4v) is 2.50. The quantitative estimate of drug-likeness (QED) is 0.886. The molecular weight excluding hydrogens is 238 g/mol. The third-order valence-corrected chi connectivity index (χ3v) is 3.88. The van der Waals surface area contributed by atoms with Gasteiger partial charge in [-0.1, -0.05) is 30.3 Å². The van der Waals surface area contributed by atoms with Gasteiger partial charge in [0, 0.05) is 0 Å². The van der Waals surface area contributed by atoms with Crippen LogP contribution in [0.5, 0.6) is 0 Å². The number of aryl methyl sites for hydroxylation is 2.